The van der Waals surface area contributed by atoms with Crippen molar-refractivity contribution in [2.24, 2.45) is 0 Å². The second-order valence-corrected chi connectivity index (χ2v) is 6.51. The zero-order valence-corrected chi connectivity index (χ0v) is 14.7. The lowest BCUT2D eigenvalue weighted by molar-refractivity contribution is -0.132. The summed E-state index contributed by atoms with van der Waals surface area (Å²) in [4.78, 5) is 20.9. The molecule has 1 saturated heterocycles. The summed E-state index contributed by atoms with van der Waals surface area (Å²) in [7, 11) is 0. The third kappa shape index (κ3) is 3.94. The van der Waals surface area contributed by atoms with Crippen molar-refractivity contribution in [2.75, 3.05) is 26.2 Å². The molecule has 1 aliphatic heterocycles. The first-order chi connectivity index (χ1) is 11.5. The van der Waals surface area contributed by atoms with Crippen molar-refractivity contribution in [3.63, 3.8) is 0 Å². The normalized spacial score (nSPS) is 17.0. The van der Waals surface area contributed by atoms with E-state index < -0.39 is 0 Å². The van der Waals surface area contributed by atoms with Crippen LogP contribution in [0.15, 0.2) is 28.8 Å². The lowest BCUT2D eigenvalue weighted by Crippen LogP contribution is -2.49. The second kappa shape index (κ2) is 7.32. The molecule has 1 fully saturated rings. The highest BCUT2D eigenvalue weighted by atomic mass is 35.5. The Morgan fingerprint density at radius 1 is 1.25 bits per heavy atom. The highest BCUT2D eigenvalue weighted by Gasteiger charge is 2.27. The van der Waals surface area contributed by atoms with Gasteiger partial charge in [-0.3, -0.25) is 9.69 Å². The summed E-state index contributed by atoms with van der Waals surface area (Å²) in [6.45, 7) is 6.89. The number of aryl methyl sites for hydroxylation is 1. The third-order valence-electron chi connectivity index (χ3n) is 4.38. The SMILES string of the molecule is Cc1noc([C@@H](C)N2CCN(C(=O)Cc3ccc(Cl)cc3)CC2)n1. The lowest BCUT2D eigenvalue weighted by atomic mass is 10.1. The summed E-state index contributed by atoms with van der Waals surface area (Å²) in [6, 6.07) is 7.50. The zero-order valence-electron chi connectivity index (χ0n) is 13.9. The number of carbonyl (C=O) groups is 1. The number of rotatable bonds is 4. The van der Waals surface area contributed by atoms with Crippen LogP contribution >= 0.6 is 11.6 Å². The molecule has 1 aromatic heterocycles. The number of aromatic nitrogens is 2. The molecule has 0 bridgehead atoms. The molecule has 0 spiro atoms. The maximum Gasteiger partial charge on any atom is 0.243 e. The Labute approximate surface area is 146 Å². The molecule has 24 heavy (non-hydrogen) atoms. The van der Waals surface area contributed by atoms with Crippen molar-refractivity contribution >= 4 is 17.5 Å². The standard InChI is InChI=1S/C17H21ClN4O2/c1-12(17-19-13(2)20-24-17)21-7-9-22(10-8-21)16(23)11-14-3-5-15(18)6-4-14/h3-6,12H,7-11H2,1-2H3/t12-/m1/s1. The van der Waals surface area contributed by atoms with E-state index in [2.05, 4.69) is 22.0 Å². The summed E-state index contributed by atoms with van der Waals surface area (Å²) in [5.74, 6) is 1.43. The van der Waals surface area contributed by atoms with E-state index in [1.54, 1.807) is 0 Å². The van der Waals surface area contributed by atoms with Crippen LogP contribution in [0.3, 0.4) is 0 Å². The lowest BCUT2D eigenvalue weighted by Gasteiger charge is -2.36. The molecule has 2 heterocycles. The number of piperazine rings is 1. The summed E-state index contributed by atoms with van der Waals surface area (Å²) in [6.07, 6.45) is 0.412. The molecule has 1 aliphatic rings. The van der Waals surface area contributed by atoms with E-state index in [1.807, 2.05) is 36.1 Å². The molecular formula is C17H21ClN4O2. The molecule has 1 aromatic carbocycles. The minimum atomic E-state index is 0.0692. The van der Waals surface area contributed by atoms with Gasteiger partial charge in [0, 0.05) is 31.2 Å². The fourth-order valence-electron chi connectivity index (χ4n) is 2.89. The van der Waals surface area contributed by atoms with Crippen molar-refractivity contribution in [1.82, 2.24) is 19.9 Å². The highest BCUT2D eigenvalue weighted by molar-refractivity contribution is 6.30. The fourth-order valence-corrected chi connectivity index (χ4v) is 3.01. The van der Waals surface area contributed by atoms with Gasteiger partial charge in [0.25, 0.3) is 0 Å². The predicted molar refractivity (Wildman–Crippen MR) is 90.8 cm³/mol. The summed E-state index contributed by atoms with van der Waals surface area (Å²) in [5, 5.41) is 4.53. The van der Waals surface area contributed by atoms with Crippen LogP contribution in [0.4, 0.5) is 0 Å². The van der Waals surface area contributed by atoms with Gasteiger partial charge < -0.3 is 9.42 Å². The second-order valence-electron chi connectivity index (χ2n) is 6.08. The molecule has 128 valence electrons. The summed E-state index contributed by atoms with van der Waals surface area (Å²) in [5.41, 5.74) is 0.988. The Morgan fingerprint density at radius 2 is 1.92 bits per heavy atom. The number of hydrogen-bond acceptors (Lipinski definition) is 5. The van der Waals surface area contributed by atoms with Crippen molar-refractivity contribution in [3.8, 4) is 0 Å². The van der Waals surface area contributed by atoms with Gasteiger partial charge >= 0.3 is 0 Å². The molecule has 0 radical (unpaired) electrons. The van der Waals surface area contributed by atoms with Crippen LogP contribution in [0.5, 0.6) is 0 Å². The maximum absolute atomic E-state index is 12.4. The van der Waals surface area contributed by atoms with Gasteiger partial charge in [-0.2, -0.15) is 4.98 Å². The molecule has 0 saturated carbocycles. The van der Waals surface area contributed by atoms with Gasteiger partial charge in [-0.25, -0.2) is 0 Å². The molecule has 7 heteroatoms. The predicted octanol–water partition coefficient (Wildman–Crippen LogP) is 2.48. The molecule has 0 N–H and O–H groups in total. The number of nitrogens with zero attached hydrogens (tertiary/aromatic N) is 4. The Bertz CT molecular complexity index is 693. The van der Waals surface area contributed by atoms with Gasteiger partial charge in [0.1, 0.15) is 0 Å². The van der Waals surface area contributed by atoms with Crippen molar-refractivity contribution in [2.45, 2.75) is 26.3 Å². The molecule has 0 unspecified atom stereocenters. The summed E-state index contributed by atoms with van der Waals surface area (Å²) >= 11 is 5.88. The van der Waals surface area contributed by atoms with Gasteiger partial charge in [-0.1, -0.05) is 28.9 Å². The number of halogens is 1. The first kappa shape index (κ1) is 16.9. The van der Waals surface area contributed by atoms with Crippen LogP contribution in [-0.4, -0.2) is 52.0 Å². The average molecular weight is 349 g/mol. The van der Waals surface area contributed by atoms with Crippen LogP contribution in [0.2, 0.25) is 5.02 Å². The van der Waals surface area contributed by atoms with E-state index in [-0.39, 0.29) is 11.9 Å². The Kier molecular flexibility index (Phi) is 5.16. The van der Waals surface area contributed by atoms with Crippen LogP contribution in [-0.2, 0) is 11.2 Å². The van der Waals surface area contributed by atoms with E-state index >= 15 is 0 Å². The van der Waals surface area contributed by atoms with Crippen LogP contribution in [0.1, 0.15) is 30.2 Å². The topological polar surface area (TPSA) is 62.5 Å². The van der Waals surface area contributed by atoms with Crippen LogP contribution in [0.25, 0.3) is 0 Å². The van der Waals surface area contributed by atoms with E-state index in [9.17, 15) is 4.79 Å². The highest BCUT2D eigenvalue weighted by Crippen LogP contribution is 2.20. The van der Waals surface area contributed by atoms with Gasteiger partial charge in [0.05, 0.1) is 12.5 Å². The smallest absolute Gasteiger partial charge is 0.243 e. The van der Waals surface area contributed by atoms with Crippen LogP contribution in [0, 0.1) is 6.92 Å². The molecule has 1 atom stereocenters. The molecule has 6 nitrogen and oxygen atoms in total. The Hall–Kier alpha value is -1.92. The Morgan fingerprint density at radius 3 is 2.50 bits per heavy atom. The fraction of sp³-hybridized carbons (Fsp3) is 0.471. The van der Waals surface area contributed by atoms with Crippen molar-refractivity contribution in [1.29, 1.82) is 0 Å². The molecular weight excluding hydrogens is 328 g/mol. The summed E-state index contributed by atoms with van der Waals surface area (Å²) < 4.78 is 5.25. The van der Waals surface area contributed by atoms with Gasteiger partial charge in [0.15, 0.2) is 5.82 Å². The minimum Gasteiger partial charge on any atom is -0.340 e. The van der Waals surface area contributed by atoms with E-state index in [0.717, 1.165) is 18.7 Å². The number of benzene rings is 1. The van der Waals surface area contributed by atoms with Crippen LogP contribution < -0.4 is 0 Å². The largest absolute Gasteiger partial charge is 0.340 e. The van der Waals surface area contributed by atoms with Crippen molar-refractivity contribution in [3.05, 3.63) is 46.6 Å². The van der Waals surface area contributed by atoms with Gasteiger partial charge in [-0.05, 0) is 31.5 Å². The molecule has 1 amide bonds. The first-order valence-electron chi connectivity index (χ1n) is 8.09. The number of carbonyl (C=O) groups excluding carboxylic acids is 1. The quantitative estimate of drug-likeness (QED) is 0.849. The Balaban J connectivity index is 1.52. The number of amides is 1. The first-order valence-corrected chi connectivity index (χ1v) is 8.47. The monoisotopic (exact) mass is 348 g/mol. The van der Waals surface area contributed by atoms with Gasteiger partial charge in [0.2, 0.25) is 11.8 Å². The molecule has 2 aromatic rings. The van der Waals surface area contributed by atoms with E-state index in [4.69, 9.17) is 16.1 Å². The average Bonchev–Trinajstić information content (AvgIpc) is 3.03. The van der Waals surface area contributed by atoms with E-state index in [0.29, 0.717) is 36.2 Å². The van der Waals surface area contributed by atoms with Crippen molar-refractivity contribution < 1.29 is 9.32 Å². The van der Waals surface area contributed by atoms with E-state index in [1.165, 1.54) is 0 Å². The van der Waals surface area contributed by atoms with Gasteiger partial charge in [-0.15, -0.1) is 0 Å². The number of hydrogen-bond donors (Lipinski definition) is 0. The minimum absolute atomic E-state index is 0.0692. The third-order valence-corrected chi connectivity index (χ3v) is 4.64. The maximum atomic E-state index is 12.4. The molecule has 3 rings (SSSR count). The zero-order chi connectivity index (χ0) is 17.1. The molecule has 0 aliphatic carbocycles.